The molecule has 0 spiro atoms. The summed E-state index contributed by atoms with van der Waals surface area (Å²) >= 11 is 0. The molecule has 0 radical (unpaired) electrons. The standard InChI is InChI=1S/C21H28N2O/c1-3-12-24-21-10-8-20(9-11-21)23-14-18(13-19(22)15-23)17-6-4-16(2)5-7-17/h4-11,18-19H,3,12-15,22H2,1-2H3. The number of nitrogens with two attached hydrogens (primary N) is 1. The van der Waals surface area contributed by atoms with Crippen LogP contribution >= 0.6 is 0 Å². The van der Waals surface area contributed by atoms with Crippen molar-refractivity contribution in [1.82, 2.24) is 0 Å². The molecule has 0 aromatic heterocycles. The van der Waals surface area contributed by atoms with Crippen LogP contribution in [0.25, 0.3) is 0 Å². The normalized spacial score (nSPS) is 20.9. The minimum absolute atomic E-state index is 0.209. The fourth-order valence-electron chi connectivity index (χ4n) is 3.40. The highest BCUT2D eigenvalue weighted by atomic mass is 16.5. The van der Waals surface area contributed by atoms with Crippen LogP contribution < -0.4 is 15.4 Å². The van der Waals surface area contributed by atoms with Gasteiger partial charge in [0.25, 0.3) is 0 Å². The lowest BCUT2D eigenvalue weighted by molar-refractivity contribution is 0.317. The summed E-state index contributed by atoms with van der Waals surface area (Å²) in [7, 11) is 0. The van der Waals surface area contributed by atoms with Gasteiger partial charge in [0.1, 0.15) is 5.75 Å². The maximum atomic E-state index is 6.35. The molecular formula is C21H28N2O. The van der Waals surface area contributed by atoms with Crippen LogP contribution in [0.5, 0.6) is 5.75 Å². The van der Waals surface area contributed by atoms with Crippen molar-refractivity contribution in [2.45, 2.75) is 38.6 Å². The van der Waals surface area contributed by atoms with Crippen molar-refractivity contribution in [2.24, 2.45) is 5.73 Å². The van der Waals surface area contributed by atoms with E-state index in [0.29, 0.717) is 5.92 Å². The summed E-state index contributed by atoms with van der Waals surface area (Å²) in [6.07, 6.45) is 2.08. The maximum Gasteiger partial charge on any atom is 0.119 e. The van der Waals surface area contributed by atoms with E-state index < -0.39 is 0 Å². The Bertz CT molecular complexity index is 636. The van der Waals surface area contributed by atoms with E-state index in [2.05, 4.69) is 67.3 Å². The average Bonchev–Trinajstić information content (AvgIpc) is 2.60. The molecule has 1 aliphatic heterocycles. The monoisotopic (exact) mass is 324 g/mol. The first-order chi connectivity index (χ1) is 11.7. The first-order valence-corrected chi connectivity index (χ1v) is 8.95. The lowest BCUT2D eigenvalue weighted by atomic mass is 9.88. The van der Waals surface area contributed by atoms with Gasteiger partial charge in [0, 0.05) is 30.7 Å². The van der Waals surface area contributed by atoms with Crippen LogP contribution in [-0.4, -0.2) is 25.7 Å². The Kier molecular flexibility index (Phi) is 5.41. The van der Waals surface area contributed by atoms with Crippen molar-refractivity contribution in [3.63, 3.8) is 0 Å². The molecule has 3 heteroatoms. The van der Waals surface area contributed by atoms with Crippen LogP contribution in [0.15, 0.2) is 48.5 Å². The second kappa shape index (κ2) is 7.71. The Labute approximate surface area is 145 Å². The maximum absolute atomic E-state index is 6.35. The van der Waals surface area contributed by atoms with E-state index in [9.17, 15) is 0 Å². The van der Waals surface area contributed by atoms with Gasteiger partial charge in [0.15, 0.2) is 0 Å². The molecule has 1 aliphatic rings. The van der Waals surface area contributed by atoms with Gasteiger partial charge in [-0.25, -0.2) is 0 Å². The molecule has 2 unspecified atom stereocenters. The molecule has 1 saturated heterocycles. The van der Waals surface area contributed by atoms with Crippen LogP contribution in [0.1, 0.15) is 36.8 Å². The summed E-state index contributed by atoms with van der Waals surface area (Å²) < 4.78 is 5.68. The number of anilines is 1. The third kappa shape index (κ3) is 4.09. The fourth-order valence-corrected chi connectivity index (χ4v) is 3.40. The van der Waals surface area contributed by atoms with Gasteiger partial charge in [0.2, 0.25) is 0 Å². The van der Waals surface area contributed by atoms with E-state index in [0.717, 1.165) is 38.3 Å². The van der Waals surface area contributed by atoms with Crippen molar-refractivity contribution in [2.75, 3.05) is 24.6 Å². The summed E-state index contributed by atoms with van der Waals surface area (Å²) in [6.45, 7) is 6.95. The van der Waals surface area contributed by atoms with Gasteiger partial charge in [0.05, 0.1) is 6.61 Å². The smallest absolute Gasteiger partial charge is 0.119 e. The Morgan fingerprint density at radius 1 is 1.04 bits per heavy atom. The molecule has 3 nitrogen and oxygen atoms in total. The van der Waals surface area contributed by atoms with Gasteiger partial charge in [-0.3, -0.25) is 0 Å². The molecule has 0 amide bonds. The molecule has 0 aliphatic carbocycles. The Morgan fingerprint density at radius 3 is 2.42 bits per heavy atom. The largest absolute Gasteiger partial charge is 0.494 e. The molecule has 128 valence electrons. The number of nitrogens with zero attached hydrogens (tertiary/aromatic N) is 1. The Balaban J connectivity index is 1.72. The molecule has 0 bridgehead atoms. The molecule has 2 N–H and O–H groups in total. The zero-order chi connectivity index (χ0) is 16.9. The summed E-state index contributed by atoms with van der Waals surface area (Å²) in [5.74, 6) is 1.43. The van der Waals surface area contributed by atoms with E-state index in [4.69, 9.17) is 10.5 Å². The molecule has 2 aromatic rings. The summed E-state index contributed by atoms with van der Waals surface area (Å²) in [6, 6.07) is 17.5. The molecule has 2 atom stereocenters. The number of aryl methyl sites for hydroxylation is 1. The van der Waals surface area contributed by atoms with Crippen LogP contribution in [0.4, 0.5) is 5.69 Å². The quantitative estimate of drug-likeness (QED) is 0.899. The van der Waals surface area contributed by atoms with Crippen molar-refractivity contribution in [1.29, 1.82) is 0 Å². The predicted molar refractivity (Wildman–Crippen MR) is 101 cm³/mol. The van der Waals surface area contributed by atoms with Gasteiger partial charge < -0.3 is 15.4 Å². The van der Waals surface area contributed by atoms with E-state index in [1.165, 1.54) is 16.8 Å². The fraction of sp³-hybridized carbons (Fsp3) is 0.429. The van der Waals surface area contributed by atoms with E-state index in [-0.39, 0.29) is 6.04 Å². The highest BCUT2D eigenvalue weighted by Crippen LogP contribution is 2.30. The first-order valence-electron chi connectivity index (χ1n) is 8.95. The van der Waals surface area contributed by atoms with Crippen LogP contribution in [-0.2, 0) is 0 Å². The lowest BCUT2D eigenvalue weighted by Gasteiger charge is -2.38. The van der Waals surface area contributed by atoms with Crippen molar-refractivity contribution >= 4 is 5.69 Å². The zero-order valence-electron chi connectivity index (χ0n) is 14.7. The second-order valence-corrected chi connectivity index (χ2v) is 6.85. The zero-order valence-corrected chi connectivity index (χ0v) is 14.7. The van der Waals surface area contributed by atoms with Crippen LogP contribution in [0.2, 0.25) is 0 Å². The Hall–Kier alpha value is -2.00. The highest BCUT2D eigenvalue weighted by Gasteiger charge is 2.26. The molecule has 2 aromatic carbocycles. The van der Waals surface area contributed by atoms with Gasteiger partial charge >= 0.3 is 0 Å². The summed E-state index contributed by atoms with van der Waals surface area (Å²) in [4.78, 5) is 2.41. The second-order valence-electron chi connectivity index (χ2n) is 6.85. The minimum atomic E-state index is 0.209. The predicted octanol–water partition coefficient (Wildman–Crippen LogP) is 4.11. The van der Waals surface area contributed by atoms with Gasteiger partial charge in [-0.2, -0.15) is 0 Å². The number of ether oxygens (including phenoxy) is 1. The summed E-state index contributed by atoms with van der Waals surface area (Å²) in [5, 5.41) is 0. The minimum Gasteiger partial charge on any atom is -0.494 e. The molecule has 1 heterocycles. The van der Waals surface area contributed by atoms with Crippen molar-refractivity contribution in [3.8, 4) is 5.75 Å². The number of benzene rings is 2. The van der Waals surface area contributed by atoms with Crippen molar-refractivity contribution < 1.29 is 4.74 Å². The topological polar surface area (TPSA) is 38.5 Å². The third-order valence-corrected chi connectivity index (χ3v) is 4.71. The van der Waals surface area contributed by atoms with E-state index in [1.54, 1.807) is 0 Å². The molecule has 0 saturated carbocycles. The first kappa shape index (κ1) is 16.8. The Morgan fingerprint density at radius 2 is 1.75 bits per heavy atom. The molecular weight excluding hydrogens is 296 g/mol. The number of hydrogen-bond acceptors (Lipinski definition) is 3. The van der Waals surface area contributed by atoms with Crippen LogP contribution in [0, 0.1) is 6.92 Å². The van der Waals surface area contributed by atoms with Gasteiger partial charge in [-0.05, 0) is 49.6 Å². The molecule has 1 fully saturated rings. The average molecular weight is 324 g/mol. The SMILES string of the molecule is CCCOc1ccc(N2CC(N)CC(c3ccc(C)cc3)C2)cc1. The van der Waals surface area contributed by atoms with Gasteiger partial charge in [-0.15, -0.1) is 0 Å². The number of rotatable bonds is 5. The van der Waals surface area contributed by atoms with E-state index >= 15 is 0 Å². The highest BCUT2D eigenvalue weighted by molar-refractivity contribution is 5.50. The molecule has 3 rings (SSSR count). The number of piperidine rings is 1. The van der Waals surface area contributed by atoms with Crippen molar-refractivity contribution in [3.05, 3.63) is 59.7 Å². The lowest BCUT2D eigenvalue weighted by Crippen LogP contribution is -2.46. The third-order valence-electron chi connectivity index (χ3n) is 4.71. The summed E-state index contributed by atoms with van der Waals surface area (Å²) in [5.41, 5.74) is 10.3. The van der Waals surface area contributed by atoms with Gasteiger partial charge in [-0.1, -0.05) is 36.8 Å². The molecule has 24 heavy (non-hydrogen) atoms. The van der Waals surface area contributed by atoms with Crippen LogP contribution in [0.3, 0.4) is 0 Å². The van der Waals surface area contributed by atoms with E-state index in [1.807, 2.05) is 0 Å². The number of hydrogen-bond donors (Lipinski definition) is 1.